The minimum atomic E-state index is -3.65. The summed E-state index contributed by atoms with van der Waals surface area (Å²) in [7, 11) is -3.65. The van der Waals surface area contributed by atoms with Gasteiger partial charge >= 0.3 is 6.03 Å². The van der Waals surface area contributed by atoms with Gasteiger partial charge in [0.2, 0.25) is 15.9 Å². The number of imide groups is 1. The zero-order chi connectivity index (χ0) is 21.3. The third kappa shape index (κ3) is 4.01. The van der Waals surface area contributed by atoms with Crippen LogP contribution in [0, 0.1) is 0 Å². The molecule has 0 bridgehead atoms. The van der Waals surface area contributed by atoms with Gasteiger partial charge in [-0.15, -0.1) is 0 Å². The number of hydrogen-bond acceptors (Lipinski definition) is 5. The predicted molar refractivity (Wildman–Crippen MR) is 109 cm³/mol. The standard InChI is InChI=1S/C20H22N4O5S/c25-18(8-7-17-19(26)22-20(27)21-17)23-9-11-24(12-10-23)30(28,29)16-6-5-14-3-1-2-4-15(14)13-16/h1-6,13,17H,7-12H2,(H2,21,22,26,27). The van der Waals surface area contributed by atoms with Crippen LogP contribution in [0.1, 0.15) is 12.8 Å². The van der Waals surface area contributed by atoms with E-state index in [-0.39, 0.29) is 49.8 Å². The van der Waals surface area contributed by atoms with E-state index >= 15 is 0 Å². The first-order chi connectivity index (χ1) is 14.3. The number of carbonyl (C=O) groups excluding carboxylic acids is 3. The molecule has 2 aromatic carbocycles. The van der Waals surface area contributed by atoms with Crippen molar-refractivity contribution >= 4 is 38.6 Å². The van der Waals surface area contributed by atoms with Gasteiger partial charge in [-0.05, 0) is 29.3 Å². The van der Waals surface area contributed by atoms with Crippen LogP contribution in [0.2, 0.25) is 0 Å². The predicted octanol–water partition coefficient (Wildman–Crippen LogP) is 0.661. The summed E-state index contributed by atoms with van der Waals surface area (Å²) in [5.74, 6) is -0.592. The summed E-state index contributed by atoms with van der Waals surface area (Å²) in [5, 5.41) is 6.42. The van der Waals surface area contributed by atoms with Crippen LogP contribution in [-0.4, -0.2) is 67.7 Å². The zero-order valence-corrected chi connectivity index (χ0v) is 17.0. The fourth-order valence-corrected chi connectivity index (χ4v) is 5.20. The highest BCUT2D eigenvalue weighted by molar-refractivity contribution is 7.89. The lowest BCUT2D eigenvalue weighted by Crippen LogP contribution is -2.50. The first-order valence-corrected chi connectivity index (χ1v) is 11.2. The first kappa shape index (κ1) is 20.3. The van der Waals surface area contributed by atoms with Crippen LogP contribution < -0.4 is 10.6 Å². The van der Waals surface area contributed by atoms with Gasteiger partial charge in [0.1, 0.15) is 6.04 Å². The van der Waals surface area contributed by atoms with Crippen molar-refractivity contribution < 1.29 is 22.8 Å². The van der Waals surface area contributed by atoms with Crippen molar-refractivity contribution in [2.24, 2.45) is 0 Å². The topological polar surface area (TPSA) is 116 Å². The number of piperazine rings is 1. The monoisotopic (exact) mass is 430 g/mol. The van der Waals surface area contributed by atoms with Crippen molar-refractivity contribution in [3.63, 3.8) is 0 Å². The lowest BCUT2D eigenvalue weighted by Gasteiger charge is -2.34. The van der Waals surface area contributed by atoms with E-state index in [2.05, 4.69) is 10.6 Å². The molecule has 2 aliphatic rings. The second-order valence-corrected chi connectivity index (χ2v) is 9.29. The van der Waals surface area contributed by atoms with Gasteiger partial charge in [-0.1, -0.05) is 30.3 Å². The van der Waals surface area contributed by atoms with Crippen LogP contribution in [0.15, 0.2) is 47.4 Å². The number of nitrogens with one attached hydrogen (secondary N) is 2. The molecule has 2 aliphatic heterocycles. The Bertz CT molecular complexity index is 1110. The Hall–Kier alpha value is -2.98. The Morgan fingerprint density at radius 1 is 1.00 bits per heavy atom. The molecule has 2 saturated heterocycles. The number of hydrogen-bond donors (Lipinski definition) is 2. The van der Waals surface area contributed by atoms with Crippen molar-refractivity contribution in [2.75, 3.05) is 26.2 Å². The summed E-state index contributed by atoms with van der Waals surface area (Å²) in [4.78, 5) is 36.9. The number of amides is 4. The summed E-state index contributed by atoms with van der Waals surface area (Å²) in [6.45, 7) is 0.993. The van der Waals surface area contributed by atoms with Crippen LogP contribution in [-0.2, 0) is 19.6 Å². The van der Waals surface area contributed by atoms with Crippen LogP contribution in [0.25, 0.3) is 10.8 Å². The Balaban J connectivity index is 1.35. The Morgan fingerprint density at radius 2 is 1.70 bits per heavy atom. The van der Waals surface area contributed by atoms with E-state index in [1.807, 2.05) is 24.3 Å². The Kier molecular flexibility index (Phi) is 5.44. The zero-order valence-electron chi connectivity index (χ0n) is 16.2. The van der Waals surface area contributed by atoms with Crippen LogP contribution in [0.5, 0.6) is 0 Å². The summed E-state index contributed by atoms with van der Waals surface area (Å²) in [6, 6.07) is 11.4. The van der Waals surface area contributed by atoms with Crippen LogP contribution in [0.4, 0.5) is 4.79 Å². The van der Waals surface area contributed by atoms with E-state index in [4.69, 9.17) is 0 Å². The molecule has 158 valence electrons. The molecule has 0 aliphatic carbocycles. The molecule has 10 heteroatoms. The highest BCUT2D eigenvalue weighted by atomic mass is 32.2. The molecule has 0 radical (unpaired) electrons. The third-order valence-corrected chi connectivity index (χ3v) is 7.35. The average molecular weight is 430 g/mol. The van der Waals surface area contributed by atoms with Crippen LogP contribution in [0.3, 0.4) is 0 Å². The van der Waals surface area contributed by atoms with Crippen molar-refractivity contribution in [3.8, 4) is 0 Å². The van der Waals surface area contributed by atoms with E-state index in [0.717, 1.165) is 10.8 Å². The molecule has 9 nitrogen and oxygen atoms in total. The molecule has 4 rings (SSSR count). The quantitative estimate of drug-likeness (QED) is 0.676. The van der Waals surface area contributed by atoms with Crippen molar-refractivity contribution in [3.05, 3.63) is 42.5 Å². The second-order valence-electron chi connectivity index (χ2n) is 7.35. The summed E-state index contributed by atoms with van der Waals surface area (Å²) in [6.07, 6.45) is 0.321. The second kappa shape index (κ2) is 8.04. The van der Waals surface area contributed by atoms with Gasteiger partial charge in [0.05, 0.1) is 4.90 Å². The molecule has 4 amide bonds. The molecule has 0 saturated carbocycles. The minimum absolute atomic E-state index is 0.107. The maximum absolute atomic E-state index is 13.0. The Morgan fingerprint density at radius 3 is 2.37 bits per heavy atom. The largest absolute Gasteiger partial charge is 0.340 e. The Labute approximate surface area is 174 Å². The van der Waals surface area contributed by atoms with Crippen molar-refractivity contribution in [2.45, 2.75) is 23.8 Å². The molecule has 1 unspecified atom stereocenters. The molecule has 2 heterocycles. The van der Waals surface area contributed by atoms with E-state index in [9.17, 15) is 22.8 Å². The summed E-state index contributed by atoms with van der Waals surface area (Å²) in [5.41, 5.74) is 0. The highest BCUT2D eigenvalue weighted by Crippen LogP contribution is 2.23. The molecule has 0 spiro atoms. The third-order valence-electron chi connectivity index (χ3n) is 5.46. The fraction of sp³-hybridized carbons (Fsp3) is 0.350. The van der Waals surface area contributed by atoms with Crippen molar-refractivity contribution in [1.82, 2.24) is 19.8 Å². The highest BCUT2D eigenvalue weighted by Gasteiger charge is 2.32. The number of benzene rings is 2. The molecule has 2 N–H and O–H groups in total. The fourth-order valence-electron chi connectivity index (χ4n) is 3.74. The van der Waals surface area contributed by atoms with E-state index in [0.29, 0.717) is 0 Å². The maximum Gasteiger partial charge on any atom is 0.322 e. The van der Waals surface area contributed by atoms with E-state index in [1.165, 1.54) is 4.31 Å². The molecular weight excluding hydrogens is 408 g/mol. The van der Waals surface area contributed by atoms with Gasteiger partial charge in [0.25, 0.3) is 5.91 Å². The SMILES string of the molecule is O=C1NC(=O)C(CCC(=O)N2CCN(S(=O)(=O)c3ccc4ccccc4c3)CC2)N1. The number of sulfonamides is 1. The smallest absolute Gasteiger partial charge is 0.322 e. The van der Waals surface area contributed by atoms with Gasteiger partial charge in [-0.3, -0.25) is 14.9 Å². The van der Waals surface area contributed by atoms with Gasteiger partial charge in [-0.25, -0.2) is 13.2 Å². The summed E-state index contributed by atoms with van der Waals surface area (Å²) < 4.78 is 27.4. The number of carbonyl (C=O) groups is 3. The number of rotatable bonds is 5. The average Bonchev–Trinajstić information content (AvgIpc) is 3.08. The summed E-state index contributed by atoms with van der Waals surface area (Å²) >= 11 is 0. The molecule has 1 atom stereocenters. The van der Waals surface area contributed by atoms with Gasteiger partial charge < -0.3 is 10.2 Å². The molecule has 2 fully saturated rings. The number of nitrogens with zero attached hydrogens (tertiary/aromatic N) is 2. The molecular formula is C20H22N4O5S. The lowest BCUT2D eigenvalue weighted by molar-refractivity contribution is -0.132. The van der Waals surface area contributed by atoms with Gasteiger partial charge in [0.15, 0.2) is 0 Å². The molecule has 30 heavy (non-hydrogen) atoms. The van der Waals surface area contributed by atoms with E-state index in [1.54, 1.807) is 23.1 Å². The van der Waals surface area contributed by atoms with Crippen molar-refractivity contribution in [1.29, 1.82) is 0 Å². The minimum Gasteiger partial charge on any atom is -0.340 e. The maximum atomic E-state index is 13.0. The molecule has 2 aromatic rings. The van der Waals surface area contributed by atoms with Crippen LogP contribution >= 0.6 is 0 Å². The normalized spacial score (nSPS) is 20.3. The molecule has 0 aromatic heterocycles. The number of urea groups is 1. The lowest BCUT2D eigenvalue weighted by atomic mass is 10.1. The van der Waals surface area contributed by atoms with E-state index < -0.39 is 28.0 Å². The number of fused-ring (bicyclic) bond motifs is 1. The van der Waals surface area contributed by atoms with Gasteiger partial charge in [-0.2, -0.15) is 4.31 Å². The first-order valence-electron chi connectivity index (χ1n) is 9.73. The van der Waals surface area contributed by atoms with Gasteiger partial charge in [0, 0.05) is 32.6 Å².